The fourth-order valence-corrected chi connectivity index (χ4v) is 2.23. The van der Waals surface area contributed by atoms with Crippen molar-refractivity contribution in [2.45, 2.75) is 0 Å². The van der Waals surface area contributed by atoms with Crippen molar-refractivity contribution in [2.24, 2.45) is 0 Å². The van der Waals surface area contributed by atoms with Gasteiger partial charge >= 0.3 is 5.17 Å². The molecule has 90 valence electrons. The van der Waals surface area contributed by atoms with E-state index in [1.165, 1.54) is 11.9 Å². The molecule has 2 aromatic heterocycles. The van der Waals surface area contributed by atoms with Crippen molar-refractivity contribution in [1.82, 2.24) is 24.3 Å². The third-order valence-corrected chi connectivity index (χ3v) is 3.43. The summed E-state index contributed by atoms with van der Waals surface area (Å²) in [5.41, 5.74) is 1.58. The molecule has 0 aliphatic heterocycles. The molecule has 0 radical (unpaired) electrons. The number of pyridine rings is 1. The molecular formula is C10H15N6S+. The van der Waals surface area contributed by atoms with E-state index < -0.39 is 0 Å². The van der Waals surface area contributed by atoms with Crippen LogP contribution in [0.5, 0.6) is 0 Å². The lowest BCUT2D eigenvalue weighted by Crippen LogP contribution is -2.27. The highest BCUT2D eigenvalue weighted by atomic mass is 32.2. The van der Waals surface area contributed by atoms with Gasteiger partial charge in [0.2, 0.25) is 0 Å². The summed E-state index contributed by atoms with van der Waals surface area (Å²) in [6.07, 6.45) is 1.74. The summed E-state index contributed by atoms with van der Waals surface area (Å²) in [4.78, 5) is 6.31. The zero-order valence-electron chi connectivity index (χ0n) is 10.3. The lowest BCUT2D eigenvalue weighted by Gasteiger charge is -2.09. The van der Waals surface area contributed by atoms with E-state index in [9.17, 15) is 0 Å². The maximum atomic E-state index is 4.28. The smallest absolute Gasteiger partial charge is 0.260 e. The molecule has 0 saturated heterocycles. The zero-order chi connectivity index (χ0) is 12.4. The van der Waals surface area contributed by atoms with Gasteiger partial charge in [0.05, 0.1) is 28.2 Å². The molecule has 0 atom stereocenters. The van der Waals surface area contributed by atoms with Crippen LogP contribution in [-0.4, -0.2) is 62.2 Å². The van der Waals surface area contributed by atoms with Gasteiger partial charge in [-0.25, -0.2) is 4.98 Å². The van der Waals surface area contributed by atoms with E-state index in [1.54, 1.807) is 10.3 Å². The fraction of sp³-hybridized carbons (Fsp3) is 0.400. The Hall–Kier alpha value is -1.63. The molecule has 7 heteroatoms. The van der Waals surface area contributed by atoms with Gasteiger partial charge in [-0.15, -0.1) is 5.10 Å². The summed E-state index contributed by atoms with van der Waals surface area (Å²) in [5, 5.41) is 9.22. The quantitative estimate of drug-likeness (QED) is 0.420. The van der Waals surface area contributed by atoms with Gasteiger partial charge in [0, 0.05) is 6.20 Å². The Kier molecular flexibility index (Phi) is 3.28. The summed E-state index contributed by atoms with van der Waals surface area (Å²) < 4.78 is 3.76. The number of hydrogen-bond donors (Lipinski definition) is 0. The minimum absolute atomic E-state index is 0.777. The highest BCUT2D eigenvalue weighted by Gasteiger charge is 2.17. The number of fused-ring (bicyclic) bond motifs is 1. The molecule has 6 nitrogen and oxygen atoms in total. The van der Waals surface area contributed by atoms with E-state index >= 15 is 0 Å². The summed E-state index contributed by atoms with van der Waals surface area (Å²) >= 11 is 1.49. The van der Waals surface area contributed by atoms with Crippen LogP contribution in [0.15, 0.2) is 18.3 Å². The summed E-state index contributed by atoms with van der Waals surface area (Å²) in [7, 11) is 7.98. The van der Waals surface area contributed by atoms with Crippen LogP contribution >= 0.6 is 11.9 Å². The van der Waals surface area contributed by atoms with E-state index in [-0.39, 0.29) is 0 Å². The maximum Gasteiger partial charge on any atom is 0.330 e. The van der Waals surface area contributed by atoms with Gasteiger partial charge in [-0.05, 0) is 12.1 Å². The highest BCUT2D eigenvalue weighted by molar-refractivity contribution is 8.12. The van der Waals surface area contributed by atoms with Crippen LogP contribution in [0.2, 0.25) is 0 Å². The largest absolute Gasteiger partial charge is 0.330 e. The molecule has 2 heterocycles. The molecule has 0 fully saturated rings. The Labute approximate surface area is 104 Å². The Balaban J connectivity index is 2.39. The molecular weight excluding hydrogens is 236 g/mol. The van der Waals surface area contributed by atoms with Crippen LogP contribution in [0.4, 0.5) is 0 Å². The molecule has 0 aliphatic rings. The first kappa shape index (κ1) is 11.8. The standard InChI is InChI=1S/C10H15N6S/c1-14(2)10(15(3)4)17-16-9-8(12-13-16)6-5-7-11-9/h5-7H,1-4H3/q+1. The molecule has 0 aromatic carbocycles. The molecule has 0 bridgehead atoms. The molecule has 2 rings (SSSR count). The zero-order valence-corrected chi connectivity index (χ0v) is 11.1. The van der Waals surface area contributed by atoms with Gasteiger partial charge in [-0.2, -0.15) is 4.09 Å². The molecule has 17 heavy (non-hydrogen) atoms. The lowest BCUT2D eigenvalue weighted by atomic mass is 10.4. The van der Waals surface area contributed by atoms with Crippen molar-refractivity contribution >= 4 is 28.3 Å². The van der Waals surface area contributed by atoms with Crippen LogP contribution in [0.25, 0.3) is 11.2 Å². The monoisotopic (exact) mass is 251 g/mol. The number of nitrogens with zero attached hydrogens (tertiary/aromatic N) is 6. The second-order valence-corrected chi connectivity index (χ2v) is 4.86. The van der Waals surface area contributed by atoms with Crippen LogP contribution < -0.4 is 0 Å². The minimum Gasteiger partial charge on any atom is -0.260 e. The van der Waals surface area contributed by atoms with E-state index in [0.717, 1.165) is 16.3 Å². The van der Waals surface area contributed by atoms with Gasteiger partial charge in [-0.1, -0.05) is 5.21 Å². The van der Waals surface area contributed by atoms with Crippen molar-refractivity contribution in [3.63, 3.8) is 0 Å². The normalized spacial score (nSPS) is 10.6. The number of rotatable bonds is 1. The number of aromatic nitrogens is 4. The van der Waals surface area contributed by atoms with Crippen molar-refractivity contribution in [3.05, 3.63) is 18.3 Å². The van der Waals surface area contributed by atoms with Crippen LogP contribution in [0.3, 0.4) is 0 Å². The van der Waals surface area contributed by atoms with Crippen molar-refractivity contribution < 1.29 is 4.58 Å². The Morgan fingerprint density at radius 1 is 1.41 bits per heavy atom. The Bertz CT molecular complexity index is 555. The molecule has 0 saturated carbocycles. The van der Waals surface area contributed by atoms with Crippen molar-refractivity contribution in [2.75, 3.05) is 28.2 Å². The van der Waals surface area contributed by atoms with E-state index in [2.05, 4.69) is 15.3 Å². The van der Waals surface area contributed by atoms with Crippen molar-refractivity contribution in [1.29, 1.82) is 0 Å². The third kappa shape index (κ3) is 2.38. The average Bonchev–Trinajstić information content (AvgIpc) is 2.68. The second-order valence-electron chi connectivity index (χ2n) is 3.97. The molecule has 0 amide bonds. The lowest BCUT2D eigenvalue weighted by molar-refractivity contribution is -0.466. The molecule has 2 aromatic rings. The van der Waals surface area contributed by atoms with E-state index in [0.29, 0.717) is 0 Å². The third-order valence-electron chi connectivity index (χ3n) is 2.11. The summed E-state index contributed by atoms with van der Waals surface area (Å²) in [6, 6.07) is 3.76. The number of hydrogen-bond acceptors (Lipinski definition) is 4. The first-order valence-corrected chi connectivity index (χ1v) is 5.93. The second kappa shape index (κ2) is 4.70. The SMILES string of the molecule is CN(C)C(Sn1nnc2cccnc21)=[N+](C)C. The van der Waals surface area contributed by atoms with Gasteiger partial charge < -0.3 is 0 Å². The first-order chi connectivity index (χ1) is 8.09. The van der Waals surface area contributed by atoms with Gasteiger partial charge in [0.1, 0.15) is 17.5 Å². The van der Waals surface area contributed by atoms with Crippen LogP contribution in [-0.2, 0) is 0 Å². The maximum absolute atomic E-state index is 4.28. The van der Waals surface area contributed by atoms with Crippen LogP contribution in [0, 0.1) is 0 Å². The average molecular weight is 251 g/mol. The molecule has 0 aliphatic carbocycles. The topological polar surface area (TPSA) is 49.9 Å². The van der Waals surface area contributed by atoms with Crippen molar-refractivity contribution in [3.8, 4) is 0 Å². The first-order valence-electron chi connectivity index (χ1n) is 5.16. The predicted octanol–water partition coefficient (Wildman–Crippen LogP) is 0.512. The predicted molar refractivity (Wildman–Crippen MR) is 69.1 cm³/mol. The minimum atomic E-state index is 0.777. The Morgan fingerprint density at radius 3 is 2.82 bits per heavy atom. The van der Waals surface area contributed by atoms with E-state index in [4.69, 9.17) is 0 Å². The molecule has 0 unspecified atom stereocenters. The fourth-order valence-electron chi connectivity index (χ4n) is 1.45. The van der Waals surface area contributed by atoms with Gasteiger partial charge in [0.15, 0.2) is 5.65 Å². The van der Waals surface area contributed by atoms with E-state index in [1.807, 2.05) is 49.8 Å². The van der Waals surface area contributed by atoms with Gasteiger partial charge in [-0.3, -0.25) is 9.48 Å². The van der Waals surface area contributed by atoms with Crippen LogP contribution in [0.1, 0.15) is 0 Å². The van der Waals surface area contributed by atoms with Gasteiger partial charge in [0.25, 0.3) is 0 Å². The summed E-state index contributed by atoms with van der Waals surface area (Å²) in [5.74, 6) is 0. The Morgan fingerprint density at radius 2 is 2.18 bits per heavy atom. The highest BCUT2D eigenvalue weighted by Crippen LogP contribution is 2.15. The number of amidine groups is 1. The molecule has 0 spiro atoms. The summed E-state index contributed by atoms with van der Waals surface area (Å²) in [6.45, 7) is 0. The molecule has 0 N–H and O–H groups in total.